The van der Waals surface area contributed by atoms with E-state index >= 15 is 0 Å². The zero-order valence-electron chi connectivity index (χ0n) is 9.56. The minimum Gasteiger partial charge on any atom is -0.330 e. The number of aromatic nitrogens is 2. The van der Waals surface area contributed by atoms with Gasteiger partial charge in [-0.05, 0) is 24.6 Å². The Morgan fingerprint density at radius 3 is 2.88 bits per heavy atom. The van der Waals surface area contributed by atoms with Gasteiger partial charge in [0.25, 0.3) is 0 Å². The third-order valence-corrected chi connectivity index (χ3v) is 2.77. The maximum absolute atomic E-state index is 5.56. The third-order valence-electron chi connectivity index (χ3n) is 2.77. The van der Waals surface area contributed by atoms with Crippen LogP contribution in [0.5, 0.6) is 0 Å². The summed E-state index contributed by atoms with van der Waals surface area (Å²) >= 11 is 0. The molecule has 2 N–H and O–H groups in total. The molecule has 3 heteroatoms. The predicted molar refractivity (Wildman–Crippen MR) is 65.3 cm³/mol. The number of aryl methyl sites for hydroxylation is 1. The van der Waals surface area contributed by atoms with Gasteiger partial charge in [0, 0.05) is 25.4 Å². The highest BCUT2D eigenvalue weighted by atomic mass is 15.1. The van der Waals surface area contributed by atoms with Crippen molar-refractivity contribution in [3.05, 3.63) is 53.6 Å². The Morgan fingerprint density at radius 1 is 1.31 bits per heavy atom. The van der Waals surface area contributed by atoms with Crippen LogP contribution in [-0.4, -0.2) is 16.1 Å². The highest BCUT2D eigenvalue weighted by Gasteiger charge is 2.03. The van der Waals surface area contributed by atoms with E-state index in [2.05, 4.69) is 40.7 Å². The number of rotatable bonds is 4. The zero-order chi connectivity index (χ0) is 11.4. The SMILES string of the molecule is Cc1ccccc1Cn1ccnc1CCN. The summed E-state index contributed by atoms with van der Waals surface area (Å²) in [6, 6.07) is 8.42. The van der Waals surface area contributed by atoms with Crippen LogP contribution in [0.3, 0.4) is 0 Å². The Morgan fingerprint density at radius 2 is 2.12 bits per heavy atom. The fourth-order valence-corrected chi connectivity index (χ4v) is 1.81. The lowest BCUT2D eigenvalue weighted by atomic mass is 10.1. The van der Waals surface area contributed by atoms with Gasteiger partial charge in [-0.25, -0.2) is 4.98 Å². The minimum atomic E-state index is 0.644. The van der Waals surface area contributed by atoms with Crippen molar-refractivity contribution in [3.8, 4) is 0 Å². The molecule has 1 heterocycles. The Bertz CT molecular complexity index is 460. The summed E-state index contributed by atoms with van der Waals surface area (Å²) in [6.07, 6.45) is 4.68. The molecule has 16 heavy (non-hydrogen) atoms. The molecule has 0 bridgehead atoms. The van der Waals surface area contributed by atoms with Crippen molar-refractivity contribution in [1.29, 1.82) is 0 Å². The maximum atomic E-state index is 5.56. The van der Waals surface area contributed by atoms with Gasteiger partial charge in [-0.2, -0.15) is 0 Å². The molecule has 0 fully saturated rings. The number of nitrogens with zero attached hydrogens (tertiary/aromatic N) is 2. The van der Waals surface area contributed by atoms with E-state index in [1.54, 1.807) is 0 Å². The fourth-order valence-electron chi connectivity index (χ4n) is 1.81. The molecule has 0 aliphatic carbocycles. The Balaban J connectivity index is 2.20. The first-order valence-corrected chi connectivity index (χ1v) is 5.56. The van der Waals surface area contributed by atoms with Crippen molar-refractivity contribution < 1.29 is 0 Å². The number of hydrogen-bond acceptors (Lipinski definition) is 2. The third kappa shape index (κ3) is 2.31. The lowest BCUT2D eigenvalue weighted by Gasteiger charge is -2.09. The van der Waals surface area contributed by atoms with E-state index < -0.39 is 0 Å². The van der Waals surface area contributed by atoms with Crippen LogP contribution in [0.4, 0.5) is 0 Å². The average Bonchev–Trinajstić information content (AvgIpc) is 2.70. The molecule has 0 atom stereocenters. The highest BCUT2D eigenvalue weighted by molar-refractivity contribution is 5.26. The van der Waals surface area contributed by atoms with Crippen LogP contribution in [0.15, 0.2) is 36.7 Å². The zero-order valence-corrected chi connectivity index (χ0v) is 9.56. The Labute approximate surface area is 95.9 Å². The first-order valence-electron chi connectivity index (χ1n) is 5.56. The summed E-state index contributed by atoms with van der Waals surface area (Å²) in [4.78, 5) is 4.31. The van der Waals surface area contributed by atoms with Gasteiger partial charge in [0.15, 0.2) is 0 Å². The molecule has 0 saturated carbocycles. The van der Waals surface area contributed by atoms with Gasteiger partial charge in [0.05, 0.1) is 0 Å². The summed E-state index contributed by atoms with van der Waals surface area (Å²) in [5, 5.41) is 0. The van der Waals surface area contributed by atoms with E-state index in [4.69, 9.17) is 5.73 Å². The molecule has 0 unspecified atom stereocenters. The summed E-state index contributed by atoms with van der Waals surface area (Å²) in [6.45, 7) is 3.65. The number of benzene rings is 1. The normalized spacial score (nSPS) is 10.6. The van der Waals surface area contributed by atoms with Gasteiger partial charge in [-0.1, -0.05) is 24.3 Å². The van der Waals surface area contributed by atoms with Crippen molar-refractivity contribution in [2.24, 2.45) is 5.73 Å². The van der Waals surface area contributed by atoms with E-state index in [-0.39, 0.29) is 0 Å². The van der Waals surface area contributed by atoms with Crippen molar-refractivity contribution >= 4 is 0 Å². The smallest absolute Gasteiger partial charge is 0.110 e. The maximum Gasteiger partial charge on any atom is 0.110 e. The van der Waals surface area contributed by atoms with Crippen LogP contribution in [0, 0.1) is 6.92 Å². The molecule has 0 amide bonds. The number of hydrogen-bond donors (Lipinski definition) is 1. The van der Waals surface area contributed by atoms with Gasteiger partial charge in [0.1, 0.15) is 5.82 Å². The lowest BCUT2D eigenvalue weighted by Crippen LogP contribution is -2.10. The monoisotopic (exact) mass is 215 g/mol. The standard InChI is InChI=1S/C13H17N3/c1-11-4-2-3-5-12(11)10-16-9-8-15-13(16)6-7-14/h2-5,8-9H,6-7,10,14H2,1H3. The fraction of sp³-hybridized carbons (Fsp3) is 0.308. The molecule has 84 valence electrons. The molecule has 0 aliphatic rings. The van der Waals surface area contributed by atoms with Crippen LogP contribution in [-0.2, 0) is 13.0 Å². The molecule has 1 aromatic carbocycles. The van der Waals surface area contributed by atoms with Crippen LogP contribution in [0.2, 0.25) is 0 Å². The van der Waals surface area contributed by atoms with Gasteiger partial charge in [0.2, 0.25) is 0 Å². The summed E-state index contributed by atoms with van der Waals surface area (Å²) in [5.74, 6) is 1.06. The molecule has 2 aromatic rings. The van der Waals surface area contributed by atoms with Crippen LogP contribution >= 0.6 is 0 Å². The van der Waals surface area contributed by atoms with Gasteiger partial charge in [-0.3, -0.25) is 0 Å². The number of nitrogens with two attached hydrogens (primary N) is 1. The molecule has 1 aromatic heterocycles. The van der Waals surface area contributed by atoms with Crippen molar-refractivity contribution in [3.63, 3.8) is 0 Å². The van der Waals surface area contributed by atoms with E-state index in [1.807, 2.05) is 12.4 Å². The molecule has 0 radical (unpaired) electrons. The molecule has 0 spiro atoms. The first-order chi connectivity index (χ1) is 7.81. The molecule has 3 nitrogen and oxygen atoms in total. The Kier molecular flexibility index (Phi) is 3.37. The Hall–Kier alpha value is -1.61. The number of imidazole rings is 1. The van der Waals surface area contributed by atoms with Crippen molar-refractivity contribution in [1.82, 2.24) is 9.55 Å². The van der Waals surface area contributed by atoms with Gasteiger partial charge >= 0.3 is 0 Å². The summed E-state index contributed by atoms with van der Waals surface area (Å²) in [5.41, 5.74) is 8.21. The summed E-state index contributed by atoms with van der Waals surface area (Å²) < 4.78 is 2.16. The van der Waals surface area contributed by atoms with E-state index in [9.17, 15) is 0 Å². The predicted octanol–water partition coefficient (Wildman–Crippen LogP) is 1.74. The first kappa shape index (κ1) is 10.9. The van der Waals surface area contributed by atoms with Gasteiger partial charge < -0.3 is 10.3 Å². The largest absolute Gasteiger partial charge is 0.330 e. The lowest BCUT2D eigenvalue weighted by molar-refractivity contribution is 0.714. The average molecular weight is 215 g/mol. The molecular formula is C13H17N3. The second-order valence-electron chi connectivity index (χ2n) is 3.94. The summed E-state index contributed by atoms with van der Waals surface area (Å²) in [7, 11) is 0. The molecule has 0 aliphatic heterocycles. The van der Waals surface area contributed by atoms with Crippen molar-refractivity contribution in [2.75, 3.05) is 6.54 Å². The van der Waals surface area contributed by atoms with Crippen LogP contribution < -0.4 is 5.73 Å². The van der Waals surface area contributed by atoms with E-state index in [0.717, 1.165) is 18.8 Å². The molecular weight excluding hydrogens is 198 g/mol. The quantitative estimate of drug-likeness (QED) is 0.844. The van der Waals surface area contributed by atoms with Gasteiger partial charge in [-0.15, -0.1) is 0 Å². The topological polar surface area (TPSA) is 43.8 Å². The second kappa shape index (κ2) is 4.94. The van der Waals surface area contributed by atoms with E-state index in [1.165, 1.54) is 11.1 Å². The van der Waals surface area contributed by atoms with Crippen LogP contribution in [0.25, 0.3) is 0 Å². The second-order valence-corrected chi connectivity index (χ2v) is 3.94. The van der Waals surface area contributed by atoms with E-state index in [0.29, 0.717) is 6.54 Å². The molecule has 0 saturated heterocycles. The van der Waals surface area contributed by atoms with Crippen LogP contribution in [0.1, 0.15) is 17.0 Å². The highest BCUT2D eigenvalue weighted by Crippen LogP contribution is 2.10. The van der Waals surface area contributed by atoms with Crippen molar-refractivity contribution in [2.45, 2.75) is 19.9 Å². The molecule has 2 rings (SSSR count). The minimum absolute atomic E-state index is 0.644.